The Labute approximate surface area is 237 Å². The largest absolute Gasteiger partial charge is 0.426 e. The molecule has 212 valence electrons. The van der Waals surface area contributed by atoms with Crippen molar-refractivity contribution in [3.8, 4) is 11.5 Å². The zero-order valence-electron chi connectivity index (χ0n) is 24.0. The summed E-state index contributed by atoms with van der Waals surface area (Å²) in [5, 5.41) is 9.92. The first-order valence-electron chi connectivity index (χ1n) is 14.3. The van der Waals surface area contributed by atoms with E-state index in [1.807, 2.05) is 24.3 Å². The topological polar surface area (TPSA) is 76.1 Å². The maximum Gasteiger partial charge on any atom is 0.343 e. The molecule has 40 heavy (non-hydrogen) atoms. The predicted octanol–water partition coefficient (Wildman–Crippen LogP) is 6.74. The molecule has 1 aliphatic carbocycles. The van der Waals surface area contributed by atoms with Crippen molar-refractivity contribution in [2.75, 3.05) is 6.54 Å². The number of rotatable bonds is 12. The molecule has 0 saturated heterocycles. The Kier molecular flexibility index (Phi) is 10.1. The van der Waals surface area contributed by atoms with Gasteiger partial charge in [0.15, 0.2) is 0 Å². The van der Waals surface area contributed by atoms with Crippen LogP contribution in [0.2, 0.25) is 0 Å². The van der Waals surface area contributed by atoms with E-state index in [1.165, 1.54) is 0 Å². The van der Waals surface area contributed by atoms with Crippen LogP contribution in [0.5, 0.6) is 11.5 Å². The van der Waals surface area contributed by atoms with Crippen molar-refractivity contribution in [1.29, 1.82) is 0 Å². The Morgan fingerprint density at radius 1 is 0.900 bits per heavy atom. The number of esters is 2. The second-order valence-corrected chi connectivity index (χ2v) is 11.2. The van der Waals surface area contributed by atoms with E-state index in [4.69, 9.17) is 9.47 Å². The fourth-order valence-corrected chi connectivity index (χ4v) is 5.30. The highest BCUT2D eigenvalue weighted by Crippen LogP contribution is 2.36. The number of ether oxygens (including phenoxy) is 2. The van der Waals surface area contributed by atoms with Crippen molar-refractivity contribution in [3.63, 3.8) is 0 Å². The average molecular weight is 544 g/mol. The summed E-state index contributed by atoms with van der Waals surface area (Å²) in [5.41, 5.74) is 3.12. The third-order valence-electron chi connectivity index (χ3n) is 7.79. The molecule has 1 aliphatic rings. The molecule has 3 aromatic carbocycles. The average Bonchev–Trinajstić information content (AvgIpc) is 2.91. The summed E-state index contributed by atoms with van der Waals surface area (Å²) < 4.78 is 11.4. The summed E-state index contributed by atoms with van der Waals surface area (Å²) in [7, 11) is 0. The van der Waals surface area contributed by atoms with Gasteiger partial charge in [-0.2, -0.15) is 0 Å². The molecule has 6 nitrogen and oxygen atoms in total. The van der Waals surface area contributed by atoms with Crippen LogP contribution >= 0.6 is 0 Å². The van der Waals surface area contributed by atoms with Crippen LogP contribution in [0.25, 0.3) is 0 Å². The molecule has 0 amide bonds. The monoisotopic (exact) mass is 543 g/mol. The van der Waals surface area contributed by atoms with Gasteiger partial charge in [0.05, 0.1) is 18.1 Å². The normalized spacial score (nSPS) is 14.3. The Morgan fingerprint density at radius 2 is 1.57 bits per heavy atom. The SMILES string of the molecule is CC(C)N(CCC(c1ccccc1)c1cc(CO)ccc1OC(=O)c1ccc(OC(=O)C2CCC2)cc1)C(C)C. The highest BCUT2D eigenvalue weighted by molar-refractivity contribution is 5.91. The number of hydrogen-bond acceptors (Lipinski definition) is 6. The molecule has 0 heterocycles. The minimum atomic E-state index is -0.493. The Balaban J connectivity index is 1.58. The van der Waals surface area contributed by atoms with Gasteiger partial charge in [-0.1, -0.05) is 42.8 Å². The van der Waals surface area contributed by atoms with Gasteiger partial charge in [0.1, 0.15) is 11.5 Å². The Hall–Kier alpha value is -3.48. The van der Waals surface area contributed by atoms with Crippen molar-refractivity contribution >= 4 is 11.9 Å². The van der Waals surface area contributed by atoms with Crippen LogP contribution < -0.4 is 9.47 Å². The van der Waals surface area contributed by atoms with Gasteiger partial charge >= 0.3 is 11.9 Å². The van der Waals surface area contributed by atoms with Crippen molar-refractivity contribution in [2.45, 2.75) is 78.0 Å². The minimum absolute atomic E-state index is 0.0179. The summed E-state index contributed by atoms with van der Waals surface area (Å²) >= 11 is 0. The summed E-state index contributed by atoms with van der Waals surface area (Å²) in [5.74, 6) is 0.130. The highest BCUT2D eigenvalue weighted by atomic mass is 16.5. The number of benzene rings is 3. The van der Waals surface area contributed by atoms with E-state index in [1.54, 1.807) is 36.4 Å². The molecule has 0 aromatic heterocycles. The summed E-state index contributed by atoms with van der Waals surface area (Å²) in [6.45, 7) is 9.58. The fourth-order valence-electron chi connectivity index (χ4n) is 5.30. The van der Waals surface area contributed by atoms with Gasteiger partial charge in [-0.3, -0.25) is 9.69 Å². The first-order valence-corrected chi connectivity index (χ1v) is 14.3. The molecule has 6 heteroatoms. The van der Waals surface area contributed by atoms with E-state index < -0.39 is 5.97 Å². The van der Waals surface area contributed by atoms with Gasteiger partial charge in [-0.15, -0.1) is 0 Å². The fraction of sp³-hybridized carbons (Fsp3) is 0.412. The van der Waals surface area contributed by atoms with E-state index in [0.717, 1.165) is 48.9 Å². The molecule has 1 saturated carbocycles. The molecule has 1 unspecified atom stereocenters. The molecular weight excluding hydrogens is 502 g/mol. The van der Waals surface area contributed by atoms with Crippen molar-refractivity contribution in [2.24, 2.45) is 5.92 Å². The van der Waals surface area contributed by atoms with Crippen LogP contribution in [0.3, 0.4) is 0 Å². The molecule has 1 atom stereocenters. The van der Waals surface area contributed by atoms with Crippen LogP contribution in [-0.2, 0) is 11.4 Å². The molecule has 1 N–H and O–H groups in total. The van der Waals surface area contributed by atoms with E-state index in [2.05, 4.69) is 44.7 Å². The molecule has 4 rings (SSSR count). The van der Waals surface area contributed by atoms with Crippen molar-refractivity contribution in [1.82, 2.24) is 4.90 Å². The highest BCUT2D eigenvalue weighted by Gasteiger charge is 2.27. The zero-order chi connectivity index (χ0) is 28.6. The number of hydrogen-bond donors (Lipinski definition) is 1. The number of carbonyl (C=O) groups excluding carboxylic acids is 2. The van der Waals surface area contributed by atoms with Gasteiger partial charge in [-0.05, 0) is 101 Å². The summed E-state index contributed by atoms with van der Waals surface area (Å²) in [4.78, 5) is 27.8. The second kappa shape index (κ2) is 13.7. The van der Waals surface area contributed by atoms with Gasteiger partial charge in [-0.25, -0.2) is 4.79 Å². The lowest BCUT2D eigenvalue weighted by molar-refractivity contribution is -0.141. The van der Waals surface area contributed by atoms with E-state index >= 15 is 0 Å². The lowest BCUT2D eigenvalue weighted by atomic mass is 9.86. The quantitative estimate of drug-likeness (QED) is 0.201. The minimum Gasteiger partial charge on any atom is -0.426 e. The molecule has 1 fully saturated rings. The Morgan fingerprint density at radius 3 is 2.15 bits per heavy atom. The van der Waals surface area contributed by atoms with Crippen LogP contribution in [0.15, 0.2) is 72.8 Å². The van der Waals surface area contributed by atoms with Gasteiger partial charge in [0, 0.05) is 23.6 Å². The molecule has 0 radical (unpaired) electrons. The molecular formula is C34H41NO5. The van der Waals surface area contributed by atoms with E-state index in [0.29, 0.717) is 29.1 Å². The van der Waals surface area contributed by atoms with Crippen molar-refractivity contribution in [3.05, 3.63) is 95.1 Å². The van der Waals surface area contributed by atoms with Gasteiger partial charge < -0.3 is 14.6 Å². The number of nitrogens with zero attached hydrogens (tertiary/aromatic N) is 1. The lowest BCUT2D eigenvalue weighted by Crippen LogP contribution is -2.38. The lowest BCUT2D eigenvalue weighted by Gasteiger charge is -2.32. The van der Waals surface area contributed by atoms with Crippen LogP contribution in [0.1, 0.15) is 86.3 Å². The smallest absolute Gasteiger partial charge is 0.343 e. The maximum absolute atomic E-state index is 13.2. The summed E-state index contributed by atoms with van der Waals surface area (Å²) in [6, 6.07) is 23.0. The van der Waals surface area contributed by atoms with Crippen molar-refractivity contribution < 1.29 is 24.2 Å². The second-order valence-electron chi connectivity index (χ2n) is 11.2. The van der Waals surface area contributed by atoms with Crippen LogP contribution in [-0.4, -0.2) is 40.6 Å². The molecule has 0 bridgehead atoms. The number of aliphatic hydroxyl groups excluding tert-OH is 1. The first-order chi connectivity index (χ1) is 19.3. The van der Waals surface area contributed by atoms with Crippen LogP contribution in [0.4, 0.5) is 0 Å². The number of carbonyl (C=O) groups is 2. The Bertz CT molecular complexity index is 1260. The molecule has 0 spiro atoms. The predicted molar refractivity (Wildman–Crippen MR) is 157 cm³/mol. The van der Waals surface area contributed by atoms with Crippen LogP contribution in [0, 0.1) is 5.92 Å². The number of aliphatic hydroxyl groups is 1. The standard InChI is InChI=1S/C34H41NO5/c1-23(2)35(24(3)4)20-19-30(26-9-6-5-7-10-26)31-21-25(22-36)13-18-32(31)40-34(38)28-14-16-29(17-15-28)39-33(37)27-11-8-12-27/h5-7,9-10,13-18,21,23-24,27,30,36H,8,11-12,19-20,22H2,1-4H3. The third kappa shape index (κ3) is 7.38. The molecule has 3 aromatic rings. The first kappa shape index (κ1) is 29.5. The van der Waals surface area contributed by atoms with Gasteiger partial charge in [0.2, 0.25) is 0 Å². The maximum atomic E-state index is 13.2. The van der Waals surface area contributed by atoms with E-state index in [9.17, 15) is 14.7 Å². The molecule has 0 aliphatic heterocycles. The summed E-state index contributed by atoms with van der Waals surface area (Å²) in [6.07, 6.45) is 3.63. The third-order valence-corrected chi connectivity index (χ3v) is 7.79. The van der Waals surface area contributed by atoms with Gasteiger partial charge in [0.25, 0.3) is 0 Å². The van der Waals surface area contributed by atoms with E-state index in [-0.39, 0.29) is 24.4 Å². The zero-order valence-corrected chi connectivity index (χ0v) is 24.0.